The van der Waals surface area contributed by atoms with Crippen molar-refractivity contribution in [1.82, 2.24) is 16.0 Å². The van der Waals surface area contributed by atoms with E-state index in [1.54, 1.807) is 6.08 Å². The molecule has 13 nitrogen and oxygen atoms in total. The molecule has 62 heavy (non-hydrogen) atoms. The average Bonchev–Trinajstić information content (AvgIpc) is 3.28. The smallest absolute Gasteiger partial charge is 0.329 e. The Morgan fingerprint density at radius 3 is 1.84 bits per heavy atom. The number of nitrogens with one attached hydrogen (secondary N) is 3. The number of hydrogen-bond donors (Lipinski definition) is 5. The summed E-state index contributed by atoms with van der Waals surface area (Å²) < 4.78 is 18.0. The second-order valence-corrected chi connectivity index (χ2v) is 14.7. The molecule has 0 spiro atoms. The first-order valence-electron chi connectivity index (χ1n) is 20.8. The van der Waals surface area contributed by atoms with Crippen molar-refractivity contribution in [2.24, 2.45) is 16.5 Å². The molecule has 0 aromatic heterocycles. The number of esters is 1. The minimum atomic E-state index is -1.11. The third-order valence-corrected chi connectivity index (χ3v) is 10.1. The summed E-state index contributed by atoms with van der Waals surface area (Å²) in [7, 11) is 0. The van der Waals surface area contributed by atoms with Crippen molar-refractivity contribution in [3.05, 3.63) is 134 Å². The Kier molecular flexibility index (Phi) is 17.5. The Morgan fingerprint density at radius 1 is 0.677 bits per heavy atom. The first-order chi connectivity index (χ1) is 30.1. The molecule has 0 bridgehead atoms. The van der Waals surface area contributed by atoms with Gasteiger partial charge in [0.1, 0.15) is 42.8 Å². The van der Waals surface area contributed by atoms with Crippen molar-refractivity contribution in [3.8, 4) is 22.6 Å². The van der Waals surface area contributed by atoms with Gasteiger partial charge in [0, 0.05) is 17.7 Å². The van der Waals surface area contributed by atoms with Crippen LogP contribution in [0.25, 0.3) is 32.7 Å². The monoisotopic (exact) mass is 840 g/mol. The molecular formula is C49H56N6O7. The highest BCUT2D eigenvalue weighted by molar-refractivity contribution is 6.10. The quantitative estimate of drug-likeness (QED) is 0.0149. The predicted molar refractivity (Wildman–Crippen MR) is 244 cm³/mol. The fourth-order valence-electron chi connectivity index (χ4n) is 6.99. The molecule has 0 saturated carbocycles. The van der Waals surface area contributed by atoms with Crippen LogP contribution in [0.15, 0.2) is 133 Å². The van der Waals surface area contributed by atoms with Crippen molar-refractivity contribution < 1.29 is 33.4 Å². The number of guanidine groups is 1. The fourth-order valence-corrected chi connectivity index (χ4v) is 6.99. The van der Waals surface area contributed by atoms with Crippen LogP contribution in [0.4, 0.5) is 0 Å². The van der Waals surface area contributed by atoms with Gasteiger partial charge in [0.05, 0.1) is 0 Å². The molecule has 5 rings (SSSR count). The number of unbranched alkanes of at least 4 members (excludes halogenated alkanes) is 1. The molecule has 13 heteroatoms. The summed E-state index contributed by atoms with van der Waals surface area (Å²) in [5.74, 6) is -1.43. The molecular weight excluding hydrogens is 785 g/mol. The minimum absolute atomic E-state index is 0.0148. The maximum Gasteiger partial charge on any atom is 0.329 e. The maximum atomic E-state index is 14.0. The van der Waals surface area contributed by atoms with E-state index in [1.807, 2.05) is 110 Å². The number of benzene rings is 5. The van der Waals surface area contributed by atoms with Gasteiger partial charge in [0.2, 0.25) is 11.8 Å². The van der Waals surface area contributed by atoms with E-state index in [9.17, 15) is 19.2 Å². The van der Waals surface area contributed by atoms with E-state index in [2.05, 4.69) is 34.1 Å². The SMILES string of the molecule is C=CCOc1ccc2ccccc2c1-c1c(OCC(=O)N[C@H](CCCC)C(=O)N[C@H](CCCN=C(N)N)C(=O)N[C@@H](CC=C)C(=O)OCc2ccccc2)ccc2ccccc12. The zero-order chi connectivity index (χ0) is 44.3. The van der Waals surface area contributed by atoms with Gasteiger partial charge < -0.3 is 41.6 Å². The molecule has 0 unspecified atom stereocenters. The molecule has 0 aliphatic heterocycles. The number of carbonyl (C=O) groups excluding carboxylic acids is 4. The Bertz CT molecular complexity index is 2360. The molecule has 0 fully saturated rings. The second kappa shape index (κ2) is 23.6. The third kappa shape index (κ3) is 12.9. The molecule has 324 valence electrons. The first-order valence-corrected chi connectivity index (χ1v) is 20.8. The number of fused-ring (bicyclic) bond motifs is 2. The van der Waals surface area contributed by atoms with Gasteiger partial charge in [-0.05, 0) is 64.9 Å². The first kappa shape index (κ1) is 45.9. The van der Waals surface area contributed by atoms with Crippen molar-refractivity contribution in [3.63, 3.8) is 0 Å². The van der Waals surface area contributed by atoms with Crippen molar-refractivity contribution in [2.75, 3.05) is 19.8 Å². The zero-order valence-electron chi connectivity index (χ0n) is 35.1. The van der Waals surface area contributed by atoms with Gasteiger partial charge in [-0.3, -0.25) is 19.4 Å². The van der Waals surface area contributed by atoms with Crippen molar-refractivity contribution in [1.29, 1.82) is 0 Å². The van der Waals surface area contributed by atoms with E-state index >= 15 is 0 Å². The van der Waals surface area contributed by atoms with Gasteiger partial charge in [0.15, 0.2) is 12.6 Å². The molecule has 5 aromatic rings. The van der Waals surface area contributed by atoms with Crippen LogP contribution in [0.5, 0.6) is 11.5 Å². The molecule has 0 radical (unpaired) electrons. The normalized spacial score (nSPS) is 12.3. The lowest BCUT2D eigenvalue weighted by Crippen LogP contribution is -2.56. The van der Waals surface area contributed by atoms with Gasteiger partial charge >= 0.3 is 5.97 Å². The number of hydrogen-bond acceptors (Lipinski definition) is 8. The molecule has 0 aliphatic carbocycles. The van der Waals surface area contributed by atoms with Crippen LogP contribution in [0, 0.1) is 0 Å². The van der Waals surface area contributed by atoms with Crippen molar-refractivity contribution >= 4 is 51.2 Å². The number of nitrogens with zero attached hydrogens (tertiary/aromatic N) is 1. The standard InChI is InChI=1S/C49H56N6O7/c1-4-7-23-38(46(57)54-39(24-15-29-52-49(50)51)47(58)55-40(16-5-2)48(59)62-31-33-17-9-8-10-18-33)53-43(56)32-61-42-28-26-35-20-12-14-22-37(35)45(42)44-36-21-13-11-19-34(36)25-27-41(44)60-30-6-3/h5-6,8-14,17-22,25-28,38-40H,2-4,7,15-16,23-24,29-32H2,1H3,(H,53,56)(H,54,57)(H,55,58)(H4,50,51,52)/t38-,39-,40+/m1/s1. The summed E-state index contributed by atoms with van der Waals surface area (Å²) in [6, 6.07) is 29.5. The molecule has 0 heterocycles. The summed E-state index contributed by atoms with van der Waals surface area (Å²) in [6.45, 7) is 9.60. The highest BCUT2D eigenvalue weighted by Gasteiger charge is 2.30. The molecule has 3 atom stereocenters. The Morgan fingerprint density at radius 2 is 1.24 bits per heavy atom. The van der Waals surface area contributed by atoms with E-state index in [4.69, 9.17) is 25.7 Å². The predicted octanol–water partition coefficient (Wildman–Crippen LogP) is 6.62. The Labute approximate surface area is 362 Å². The minimum Gasteiger partial charge on any atom is -0.489 e. The molecule has 5 aromatic carbocycles. The van der Waals surface area contributed by atoms with Gasteiger partial charge in [-0.15, -0.1) is 6.58 Å². The van der Waals surface area contributed by atoms with Crippen LogP contribution >= 0.6 is 0 Å². The maximum absolute atomic E-state index is 14.0. The molecule has 0 saturated heterocycles. The number of ether oxygens (including phenoxy) is 3. The van der Waals surface area contributed by atoms with Crippen LogP contribution in [-0.4, -0.2) is 67.5 Å². The number of nitrogens with two attached hydrogens (primary N) is 2. The van der Waals surface area contributed by atoms with Gasteiger partial charge in [-0.2, -0.15) is 0 Å². The summed E-state index contributed by atoms with van der Waals surface area (Å²) in [5, 5.41) is 12.2. The number of amides is 3. The lowest BCUT2D eigenvalue weighted by molar-refractivity contribution is -0.149. The zero-order valence-corrected chi connectivity index (χ0v) is 35.1. The van der Waals surface area contributed by atoms with Crippen LogP contribution in [0.2, 0.25) is 0 Å². The van der Waals surface area contributed by atoms with E-state index in [0.717, 1.165) is 44.7 Å². The summed E-state index contributed by atoms with van der Waals surface area (Å²) in [4.78, 5) is 58.7. The van der Waals surface area contributed by atoms with Crippen LogP contribution in [0.3, 0.4) is 0 Å². The van der Waals surface area contributed by atoms with Crippen molar-refractivity contribution in [2.45, 2.75) is 70.2 Å². The summed E-state index contributed by atoms with van der Waals surface area (Å²) in [5.41, 5.74) is 13.4. The van der Waals surface area contributed by atoms with E-state index < -0.39 is 48.4 Å². The highest BCUT2D eigenvalue weighted by Crippen LogP contribution is 2.45. The molecule has 3 amide bonds. The van der Waals surface area contributed by atoms with E-state index in [0.29, 0.717) is 30.8 Å². The average molecular weight is 841 g/mol. The van der Waals surface area contributed by atoms with Gasteiger partial charge in [-0.1, -0.05) is 129 Å². The van der Waals surface area contributed by atoms with Gasteiger partial charge in [0.25, 0.3) is 5.91 Å². The van der Waals surface area contributed by atoms with Gasteiger partial charge in [-0.25, -0.2) is 4.79 Å². The summed E-state index contributed by atoms with van der Waals surface area (Å²) in [6.07, 6.45) is 5.37. The lowest BCUT2D eigenvalue weighted by atomic mass is 9.92. The summed E-state index contributed by atoms with van der Waals surface area (Å²) >= 11 is 0. The number of carbonyl (C=O) groups is 4. The van der Waals surface area contributed by atoms with E-state index in [-0.39, 0.29) is 38.6 Å². The third-order valence-electron chi connectivity index (χ3n) is 10.1. The molecule has 7 N–H and O–H groups in total. The topological polar surface area (TPSA) is 196 Å². The highest BCUT2D eigenvalue weighted by atomic mass is 16.5. The molecule has 0 aliphatic rings. The number of aliphatic imine (C=N–C) groups is 1. The largest absolute Gasteiger partial charge is 0.489 e. The fraction of sp³-hybridized carbons (Fsp3) is 0.286. The van der Waals surface area contributed by atoms with Crippen LogP contribution in [0.1, 0.15) is 51.0 Å². The lowest BCUT2D eigenvalue weighted by Gasteiger charge is -2.25. The Balaban J connectivity index is 1.35. The number of rotatable bonds is 24. The second-order valence-electron chi connectivity index (χ2n) is 14.7. The van der Waals surface area contributed by atoms with Crippen LogP contribution in [-0.2, 0) is 30.5 Å². The van der Waals surface area contributed by atoms with E-state index in [1.165, 1.54) is 6.08 Å². The van der Waals surface area contributed by atoms with Crippen LogP contribution < -0.4 is 36.9 Å². The Hall–Kier alpha value is -7.15.